The molecule has 2 heterocycles. The first kappa shape index (κ1) is 30.0. The van der Waals surface area contributed by atoms with E-state index in [1.165, 1.54) is 10.6 Å². The molecule has 1 aliphatic rings. The molecule has 2 aromatic rings. The molecule has 0 spiro atoms. The minimum atomic E-state index is -5.08. The Morgan fingerprint density at radius 3 is 2.28 bits per heavy atom. The molecule has 1 aromatic heterocycles. The summed E-state index contributed by atoms with van der Waals surface area (Å²) in [6.45, 7) is -0.433. The van der Waals surface area contributed by atoms with Gasteiger partial charge in [0.05, 0.1) is 27.5 Å². The van der Waals surface area contributed by atoms with Crippen LogP contribution in [0.1, 0.15) is 12.6 Å². The Labute approximate surface area is 217 Å². The molecule has 18 heteroatoms. The van der Waals surface area contributed by atoms with Crippen molar-refractivity contribution >= 4 is 68.1 Å². The molecule has 3 rings (SSSR count). The summed E-state index contributed by atoms with van der Waals surface area (Å²) in [4.78, 5) is 35.6. The number of carboxylic acids is 2. The molecular weight excluding hydrogens is 610 g/mol. The van der Waals surface area contributed by atoms with Crippen LogP contribution in [-0.4, -0.2) is 85.0 Å². The maximum Gasteiger partial charge on any atom is 0.490 e. The van der Waals surface area contributed by atoms with E-state index in [1.54, 1.807) is 6.07 Å². The number of ether oxygens (including phenoxy) is 2. The zero-order chi connectivity index (χ0) is 27.5. The van der Waals surface area contributed by atoms with Crippen molar-refractivity contribution in [1.29, 1.82) is 0 Å². The van der Waals surface area contributed by atoms with E-state index >= 15 is 0 Å². The van der Waals surface area contributed by atoms with Crippen molar-refractivity contribution in [1.82, 2.24) is 9.55 Å². The van der Waals surface area contributed by atoms with Crippen LogP contribution < -0.4 is 5.73 Å². The number of carbonyl (C=O) groups is 3. The van der Waals surface area contributed by atoms with E-state index in [9.17, 15) is 33.0 Å². The van der Waals surface area contributed by atoms with Gasteiger partial charge in [-0.25, -0.2) is 9.78 Å². The molecule has 200 valence electrons. The van der Waals surface area contributed by atoms with E-state index in [1.807, 2.05) is 0 Å². The van der Waals surface area contributed by atoms with Crippen LogP contribution in [0.5, 0.6) is 0 Å². The number of aliphatic hydroxyl groups is 2. The van der Waals surface area contributed by atoms with Crippen LogP contribution in [0, 0.1) is 0 Å². The number of rotatable bonds is 6. The minimum absolute atomic E-state index is 0.263. The third kappa shape index (κ3) is 7.18. The highest BCUT2D eigenvalue weighted by Gasteiger charge is 2.45. The number of benzene rings is 1. The molecule has 12 nitrogen and oxygen atoms in total. The second-order valence-electron chi connectivity index (χ2n) is 7.19. The zero-order valence-electron chi connectivity index (χ0n) is 17.5. The summed E-state index contributed by atoms with van der Waals surface area (Å²) in [5, 5.41) is 37.1. The first-order valence-corrected chi connectivity index (χ1v) is 11.1. The second-order valence-corrected chi connectivity index (χ2v) is 8.71. The SMILES string of the molecule is N[C@@H](CC(=O)O)C(=O)OC[C@H]1O[C@@H](n2c(Br)nc3cc(Cl)c(Cl)cc32)[C@H](O)[C@@H]1O.O=C(O)C(F)(F)F. The number of nitrogens with zero attached hydrogens (tertiary/aromatic N) is 2. The number of nitrogens with two attached hydrogens (primary N) is 1. The lowest BCUT2D eigenvalue weighted by Crippen LogP contribution is -2.38. The predicted octanol–water partition coefficient (Wildman–Crippen LogP) is 1.70. The summed E-state index contributed by atoms with van der Waals surface area (Å²) < 4.78 is 44.1. The van der Waals surface area contributed by atoms with E-state index in [4.69, 9.17) is 53.4 Å². The highest BCUT2D eigenvalue weighted by molar-refractivity contribution is 9.10. The smallest absolute Gasteiger partial charge is 0.481 e. The summed E-state index contributed by atoms with van der Waals surface area (Å²) in [5.74, 6) is -4.97. The van der Waals surface area contributed by atoms with Gasteiger partial charge in [0, 0.05) is 0 Å². The maximum atomic E-state index is 11.8. The van der Waals surface area contributed by atoms with Gasteiger partial charge in [-0.3, -0.25) is 14.2 Å². The van der Waals surface area contributed by atoms with Gasteiger partial charge in [-0.15, -0.1) is 0 Å². The number of carboxylic acid groups (broad SMARTS) is 2. The number of hydrogen-bond donors (Lipinski definition) is 5. The standard InChI is InChI=1S/C16H16BrCl2N3O7.C2HF3O2/c17-16-21-8-1-5(18)6(19)2-9(8)22(16)14-13(26)12(25)10(29-14)4-28-15(27)7(20)3-11(23)24;3-2(4,5)1(6)7/h1-2,7,10,12-14,25-26H,3-4,20H2,(H,23,24);(H,6,7)/t7-,10+,12+,13+,14+;/m0./s1. The van der Waals surface area contributed by atoms with Gasteiger partial charge < -0.3 is 35.6 Å². The lowest BCUT2D eigenvalue weighted by atomic mass is 10.1. The van der Waals surface area contributed by atoms with Crippen molar-refractivity contribution < 1.29 is 57.5 Å². The van der Waals surface area contributed by atoms with Crippen molar-refractivity contribution in [3.8, 4) is 0 Å². The fraction of sp³-hybridized carbons (Fsp3) is 0.444. The Bertz CT molecular complexity index is 1150. The van der Waals surface area contributed by atoms with Gasteiger partial charge in [0.1, 0.15) is 31.0 Å². The predicted molar refractivity (Wildman–Crippen MR) is 118 cm³/mol. The molecule has 0 unspecified atom stereocenters. The van der Waals surface area contributed by atoms with Crippen molar-refractivity contribution in [2.45, 2.75) is 43.2 Å². The number of aliphatic hydroxyl groups excluding tert-OH is 2. The third-order valence-electron chi connectivity index (χ3n) is 4.61. The Morgan fingerprint density at radius 2 is 1.75 bits per heavy atom. The highest BCUT2D eigenvalue weighted by Crippen LogP contribution is 2.37. The first-order chi connectivity index (χ1) is 16.5. The van der Waals surface area contributed by atoms with E-state index < -0.39 is 67.7 Å². The lowest BCUT2D eigenvalue weighted by molar-refractivity contribution is -0.192. The average molecular weight is 627 g/mol. The van der Waals surface area contributed by atoms with Gasteiger partial charge >= 0.3 is 24.1 Å². The van der Waals surface area contributed by atoms with Crippen molar-refractivity contribution in [3.63, 3.8) is 0 Å². The summed E-state index contributed by atoms with van der Waals surface area (Å²) in [6, 6.07) is 1.73. The van der Waals surface area contributed by atoms with Crippen LogP contribution >= 0.6 is 39.1 Å². The van der Waals surface area contributed by atoms with Gasteiger partial charge in [0.25, 0.3) is 0 Å². The van der Waals surface area contributed by atoms with Crippen LogP contribution in [0.4, 0.5) is 13.2 Å². The first-order valence-electron chi connectivity index (χ1n) is 9.52. The van der Waals surface area contributed by atoms with Gasteiger partial charge in [0.2, 0.25) is 0 Å². The van der Waals surface area contributed by atoms with Crippen LogP contribution in [0.2, 0.25) is 10.0 Å². The molecule has 1 saturated heterocycles. The summed E-state index contributed by atoms with van der Waals surface area (Å²) in [7, 11) is 0. The largest absolute Gasteiger partial charge is 0.490 e. The number of aliphatic carboxylic acids is 2. The van der Waals surface area contributed by atoms with E-state index in [0.29, 0.717) is 20.8 Å². The number of halogens is 6. The molecular formula is C18H17BrCl2F3N3O9. The number of esters is 1. The molecule has 36 heavy (non-hydrogen) atoms. The zero-order valence-corrected chi connectivity index (χ0v) is 20.6. The second kappa shape index (κ2) is 11.9. The average Bonchev–Trinajstić information content (AvgIpc) is 3.21. The molecule has 6 N–H and O–H groups in total. The molecule has 1 aliphatic heterocycles. The van der Waals surface area contributed by atoms with Crippen molar-refractivity contribution in [2.24, 2.45) is 5.73 Å². The Kier molecular flexibility index (Phi) is 9.91. The lowest BCUT2D eigenvalue weighted by Gasteiger charge is -2.18. The summed E-state index contributed by atoms with van der Waals surface area (Å²) in [5.41, 5.74) is 6.40. The number of hydrogen-bond acceptors (Lipinski definition) is 9. The molecule has 0 saturated carbocycles. The summed E-state index contributed by atoms with van der Waals surface area (Å²) in [6.07, 6.45) is -10.6. The van der Waals surface area contributed by atoms with Crippen molar-refractivity contribution in [2.75, 3.05) is 6.61 Å². The van der Waals surface area contributed by atoms with Gasteiger partial charge in [-0.1, -0.05) is 23.2 Å². The maximum absolute atomic E-state index is 11.8. The molecule has 5 atom stereocenters. The van der Waals surface area contributed by atoms with Crippen LogP contribution in [0.3, 0.4) is 0 Å². The fourth-order valence-corrected chi connectivity index (χ4v) is 3.83. The van der Waals surface area contributed by atoms with Gasteiger partial charge in [0.15, 0.2) is 11.0 Å². The Morgan fingerprint density at radius 1 is 1.19 bits per heavy atom. The van der Waals surface area contributed by atoms with Gasteiger partial charge in [-0.2, -0.15) is 13.2 Å². The minimum Gasteiger partial charge on any atom is -0.481 e. The van der Waals surface area contributed by atoms with Crippen LogP contribution in [0.15, 0.2) is 16.9 Å². The Hall–Kier alpha value is -2.21. The molecule has 0 aliphatic carbocycles. The number of fused-ring (bicyclic) bond motifs is 1. The molecule has 1 fully saturated rings. The molecule has 1 aromatic carbocycles. The van der Waals surface area contributed by atoms with E-state index in [0.717, 1.165) is 0 Å². The Balaban J connectivity index is 0.000000572. The van der Waals surface area contributed by atoms with Crippen LogP contribution in [0.25, 0.3) is 11.0 Å². The topological polar surface area (TPSA) is 194 Å². The molecule has 0 amide bonds. The fourth-order valence-electron chi connectivity index (χ4n) is 2.93. The number of imidazole rings is 1. The normalized spacial score (nSPS) is 22.6. The summed E-state index contributed by atoms with van der Waals surface area (Å²) >= 11 is 15.3. The molecule has 0 radical (unpaired) electrons. The molecule has 0 bridgehead atoms. The van der Waals surface area contributed by atoms with E-state index in [2.05, 4.69) is 20.9 Å². The number of aromatic nitrogens is 2. The van der Waals surface area contributed by atoms with Gasteiger partial charge in [-0.05, 0) is 28.1 Å². The highest BCUT2D eigenvalue weighted by atomic mass is 79.9. The number of alkyl halides is 3. The number of carbonyl (C=O) groups excluding carboxylic acids is 1. The van der Waals surface area contributed by atoms with Crippen LogP contribution in [-0.2, 0) is 23.9 Å². The van der Waals surface area contributed by atoms with Crippen molar-refractivity contribution in [3.05, 3.63) is 26.9 Å². The quantitative estimate of drug-likeness (QED) is 0.293. The van der Waals surface area contributed by atoms with E-state index in [-0.39, 0.29) is 5.02 Å². The third-order valence-corrected chi connectivity index (χ3v) is 5.89. The monoisotopic (exact) mass is 625 g/mol.